The quantitative estimate of drug-likeness (QED) is 0.457. The normalized spacial score (nSPS) is 22.6. The van der Waals surface area contributed by atoms with Gasteiger partial charge in [-0.15, -0.1) is 11.8 Å². The average Bonchev–Trinajstić information content (AvgIpc) is 2.74. The number of rotatable bonds is 3. The molecule has 1 heterocycles. The molecule has 2 aromatic carbocycles. The van der Waals surface area contributed by atoms with Crippen LogP contribution in [-0.4, -0.2) is 35.7 Å². The molecule has 1 aliphatic heterocycles. The van der Waals surface area contributed by atoms with Crippen LogP contribution in [0.2, 0.25) is 0 Å². The summed E-state index contributed by atoms with van der Waals surface area (Å²) >= 11 is 1.76. The molecule has 148 valence electrons. The number of nitrogens with one attached hydrogen (secondary N) is 1. The monoisotopic (exact) mass is 394 g/mol. The maximum atomic E-state index is 6.43. The Morgan fingerprint density at radius 3 is 2.64 bits per heavy atom. The summed E-state index contributed by atoms with van der Waals surface area (Å²) in [5, 5.41) is 3.67. The molecule has 0 unspecified atom stereocenters. The average molecular weight is 395 g/mol. The van der Waals surface area contributed by atoms with Gasteiger partial charge in [0, 0.05) is 24.0 Å². The number of thioether (sulfide) groups is 1. The third-order valence-electron chi connectivity index (χ3n) is 5.85. The highest BCUT2D eigenvalue weighted by Gasteiger charge is 2.25. The second-order valence-electron chi connectivity index (χ2n) is 7.73. The molecular weight excluding hydrogens is 364 g/mol. The van der Waals surface area contributed by atoms with Crippen LogP contribution in [0.1, 0.15) is 36.8 Å². The molecule has 1 aliphatic carbocycles. The van der Waals surface area contributed by atoms with Gasteiger partial charge in [0.2, 0.25) is 0 Å². The van der Waals surface area contributed by atoms with Gasteiger partial charge < -0.3 is 16.0 Å². The van der Waals surface area contributed by atoms with Crippen LogP contribution in [0.25, 0.3) is 0 Å². The summed E-state index contributed by atoms with van der Waals surface area (Å²) < 4.78 is 0. The standard InChI is InChI=1S/C23H30N4S/c1-28-22-13-7-6-12-21(22)26-23(25-20-11-5-4-10-19(20)24)27-15-14-17-8-2-3-9-18(17)16-27/h2-3,6-9,12-13,19-20H,4-5,10-11,14-16,24H2,1H3,(H,25,26)/t19-,20-/m0/s1. The molecule has 0 radical (unpaired) electrons. The fraction of sp³-hybridized carbons (Fsp3) is 0.435. The molecule has 4 nitrogen and oxygen atoms in total. The first-order valence-corrected chi connectivity index (χ1v) is 11.5. The molecule has 5 heteroatoms. The van der Waals surface area contributed by atoms with Crippen LogP contribution in [0.3, 0.4) is 0 Å². The molecule has 0 spiro atoms. The fourth-order valence-corrected chi connectivity index (χ4v) is 4.75. The Balaban J connectivity index is 1.63. The van der Waals surface area contributed by atoms with E-state index in [1.807, 2.05) is 0 Å². The number of para-hydroxylation sites is 1. The largest absolute Gasteiger partial charge is 0.338 e. The highest BCUT2D eigenvalue weighted by atomic mass is 32.2. The van der Waals surface area contributed by atoms with Crippen LogP contribution in [0, 0.1) is 0 Å². The van der Waals surface area contributed by atoms with E-state index in [-0.39, 0.29) is 12.1 Å². The number of nitrogens with two attached hydrogens (primary N) is 1. The molecule has 1 saturated carbocycles. The first kappa shape index (κ1) is 19.3. The highest BCUT2D eigenvalue weighted by Crippen LogP contribution is 2.27. The van der Waals surface area contributed by atoms with Crippen LogP contribution in [0.15, 0.2) is 58.4 Å². The van der Waals surface area contributed by atoms with E-state index in [1.165, 1.54) is 28.9 Å². The third kappa shape index (κ3) is 4.36. The molecule has 0 bridgehead atoms. The number of anilines is 1. The summed E-state index contributed by atoms with van der Waals surface area (Å²) in [5.41, 5.74) is 10.4. The SMILES string of the molecule is CSc1ccccc1NC(=N[C@H]1CCCC[C@@H]1N)N1CCc2ccccc2C1. The van der Waals surface area contributed by atoms with Crippen molar-refractivity contribution in [3.8, 4) is 0 Å². The number of aliphatic imine (C=N–C) groups is 1. The van der Waals surface area contributed by atoms with Crippen molar-refractivity contribution >= 4 is 23.4 Å². The van der Waals surface area contributed by atoms with Crippen molar-refractivity contribution in [2.24, 2.45) is 10.7 Å². The Morgan fingerprint density at radius 2 is 1.82 bits per heavy atom. The minimum atomic E-state index is 0.165. The molecule has 4 rings (SSSR count). The van der Waals surface area contributed by atoms with E-state index in [0.717, 1.165) is 44.0 Å². The minimum Gasteiger partial charge on any atom is -0.338 e. The Hall–Kier alpha value is -1.98. The molecule has 2 aromatic rings. The van der Waals surface area contributed by atoms with E-state index in [0.29, 0.717) is 0 Å². The van der Waals surface area contributed by atoms with Gasteiger partial charge in [-0.2, -0.15) is 0 Å². The Morgan fingerprint density at radius 1 is 1.07 bits per heavy atom. The van der Waals surface area contributed by atoms with E-state index in [2.05, 4.69) is 65.0 Å². The lowest BCUT2D eigenvalue weighted by atomic mass is 9.91. The van der Waals surface area contributed by atoms with Gasteiger partial charge in [0.25, 0.3) is 0 Å². The highest BCUT2D eigenvalue weighted by molar-refractivity contribution is 7.98. The zero-order chi connectivity index (χ0) is 19.3. The molecule has 1 fully saturated rings. The van der Waals surface area contributed by atoms with E-state index in [1.54, 1.807) is 11.8 Å². The zero-order valence-electron chi connectivity index (χ0n) is 16.6. The van der Waals surface area contributed by atoms with Crippen LogP contribution in [0.4, 0.5) is 5.69 Å². The Kier molecular flexibility index (Phi) is 6.23. The number of hydrogen-bond donors (Lipinski definition) is 2. The molecular formula is C23H30N4S. The number of guanidine groups is 1. The molecule has 3 N–H and O–H groups in total. The molecule has 2 aliphatic rings. The predicted octanol–water partition coefficient (Wildman–Crippen LogP) is 4.50. The minimum absolute atomic E-state index is 0.165. The summed E-state index contributed by atoms with van der Waals surface area (Å²) in [5.74, 6) is 0.971. The molecule has 0 saturated heterocycles. The second-order valence-corrected chi connectivity index (χ2v) is 8.58. The maximum absolute atomic E-state index is 6.43. The lowest BCUT2D eigenvalue weighted by Gasteiger charge is -2.34. The summed E-state index contributed by atoms with van der Waals surface area (Å²) in [6, 6.07) is 17.6. The van der Waals surface area contributed by atoms with Crippen LogP contribution >= 0.6 is 11.8 Å². The first-order chi connectivity index (χ1) is 13.7. The van der Waals surface area contributed by atoms with E-state index in [4.69, 9.17) is 10.7 Å². The fourth-order valence-electron chi connectivity index (χ4n) is 4.20. The lowest BCUT2D eigenvalue weighted by Crippen LogP contribution is -2.43. The smallest absolute Gasteiger partial charge is 0.199 e. The van der Waals surface area contributed by atoms with Gasteiger partial charge in [0.05, 0.1) is 11.7 Å². The van der Waals surface area contributed by atoms with Gasteiger partial charge in [0.1, 0.15) is 0 Å². The lowest BCUT2D eigenvalue weighted by molar-refractivity contribution is 0.363. The molecule has 0 amide bonds. The van der Waals surface area contributed by atoms with Crippen LogP contribution < -0.4 is 11.1 Å². The Labute approximate surface area is 172 Å². The number of benzene rings is 2. The summed E-state index contributed by atoms with van der Waals surface area (Å²) in [7, 11) is 0. The van der Waals surface area contributed by atoms with E-state index >= 15 is 0 Å². The molecule has 0 aromatic heterocycles. The van der Waals surface area contributed by atoms with Gasteiger partial charge in [-0.25, -0.2) is 4.99 Å². The van der Waals surface area contributed by atoms with Crippen molar-refractivity contribution in [1.29, 1.82) is 0 Å². The number of hydrogen-bond acceptors (Lipinski definition) is 3. The van der Waals surface area contributed by atoms with Crippen molar-refractivity contribution in [2.45, 2.75) is 55.6 Å². The van der Waals surface area contributed by atoms with Crippen molar-refractivity contribution in [1.82, 2.24) is 4.90 Å². The topological polar surface area (TPSA) is 53.6 Å². The van der Waals surface area contributed by atoms with Crippen LogP contribution in [-0.2, 0) is 13.0 Å². The molecule has 2 atom stereocenters. The zero-order valence-corrected chi connectivity index (χ0v) is 17.4. The number of fused-ring (bicyclic) bond motifs is 1. The van der Waals surface area contributed by atoms with Gasteiger partial charge >= 0.3 is 0 Å². The van der Waals surface area contributed by atoms with Gasteiger partial charge in [-0.3, -0.25) is 0 Å². The van der Waals surface area contributed by atoms with Crippen LogP contribution in [0.5, 0.6) is 0 Å². The first-order valence-electron chi connectivity index (χ1n) is 10.3. The summed E-state index contributed by atoms with van der Waals surface area (Å²) in [6.07, 6.45) is 7.78. The van der Waals surface area contributed by atoms with Crippen molar-refractivity contribution in [2.75, 3.05) is 18.1 Å². The predicted molar refractivity (Wildman–Crippen MR) is 120 cm³/mol. The van der Waals surface area contributed by atoms with Crippen molar-refractivity contribution < 1.29 is 0 Å². The second kappa shape index (κ2) is 9.01. The summed E-state index contributed by atoms with van der Waals surface area (Å²) in [6.45, 7) is 1.87. The van der Waals surface area contributed by atoms with E-state index < -0.39 is 0 Å². The maximum Gasteiger partial charge on any atom is 0.199 e. The Bertz CT molecular complexity index is 835. The van der Waals surface area contributed by atoms with Gasteiger partial charge in [-0.1, -0.05) is 49.2 Å². The van der Waals surface area contributed by atoms with Gasteiger partial charge in [0.15, 0.2) is 5.96 Å². The van der Waals surface area contributed by atoms with Gasteiger partial charge in [-0.05, 0) is 48.8 Å². The van der Waals surface area contributed by atoms with Crippen molar-refractivity contribution in [3.63, 3.8) is 0 Å². The van der Waals surface area contributed by atoms with E-state index in [9.17, 15) is 0 Å². The number of nitrogens with zero attached hydrogens (tertiary/aromatic N) is 2. The molecule has 28 heavy (non-hydrogen) atoms. The third-order valence-corrected chi connectivity index (χ3v) is 6.65. The van der Waals surface area contributed by atoms with Crippen molar-refractivity contribution in [3.05, 3.63) is 59.7 Å². The summed E-state index contributed by atoms with van der Waals surface area (Å²) in [4.78, 5) is 8.81.